The van der Waals surface area contributed by atoms with Crippen LogP contribution in [0.2, 0.25) is 0 Å². The Balaban J connectivity index is 2.76. The number of aldehydes is 1. The average molecular weight is 233 g/mol. The normalized spacial score (nSPS) is 10.4. The summed E-state index contributed by atoms with van der Waals surface area (Å²) in [6, 6.07) is 5.27. The van der Waals surface area contributed by atoms with Gasteiger partial charge in [-0.1, -0.05) is 0 Å². The van der Waals surface area contributed by atoms with Gasteiger partial charge in [-0.3, -0.25) is 10.1 Å². The third kappa shape index (κ3) is 2.05. The Labute approximate surface area is 94.6 Å². The van der Waals surface area contributed by atoms with Crippen LogP contribution in [0.25, 0.3) is 11.0 Å². The predicted molar refractivity (Wildman–Crippen MR) is 58.9 cm³/mol. The number of carbonyl (C=O) groups is 1. The second-order valence-corrected chi connectivity index (χ2v) is 3.40. The highest BCUT2D eigenvalue weighted by atomic mass is 16.6. The lowest BCUT2D eigenvalue weighted by atomic mass is 10.1. The van der Waals surface area contributed by atoms with Crippen LogP contribution in [0.5, 0.6) is 0 Å². The lowest BCUT2D eigenvalue weighted by Gasteiger charge is -2.01. The number of benzene rings is 1. The number of fused-ring (bicyclic) bond motifs is 1. The molecule has 0 N–H and O–H groups in total. The van der Waals surface area contributed by atoms with Gasteiger partial charge in [-0.2, -0.15) is 0 Å². The van der Waals surface area contributed by atoms with E-state index in [1.165, 1.54) is 24.3 Å². The molecule has 0 unspecified atom stereocenters. The second kappa shape index (κ2) is 4.17. The van der Waals surface area contributed by atoms with E-state index in [1.807, 2.05) is 0 Å². The molecule has 0 radical (unpaired) electrons. The zero-order valence-corrected chi connectivity index (χ0v) is 8.58. The van der Waals surface area contributed by atoms with Crippen LogP contribution >= 0.6 is 0 Å². The molecule has 6 nitrogen and oxygen atoms in total. The molecule has 0 saturated carbocycles. The third-order valence-corrected chi connectivity index (χ3v) is 2.32. The predicted octanol–water partition coefficient (Wildman–Crippen LogP) is 1.44. The molecular weight excluding hydrogens is 226 g/mol. The fourth-order valence-electron chi connectivity index (χ4n) is 1.57. The number of nitro benzene ring substituents is 1. The van der Waals surface area contributed by atoms with Crippen LogP contribution in [0.4, 0.5) is 5.69 Å². The molecular formula is C11H7NO5. The summed E-state index contributed by atoms with van der Waals surface area (Å²) >= 11 is 0. The molecule has 0 amide bonds. The summed E-state index contributed by atoms with van der Waals surface area (Å²) in [6.07, 6.45) is 0.472. The van der Waals surface area contributed by atoms with Crippen LogP contribution in [-0.2, 0) is 11.2 Å². The first kappa shape index (κ1) is 11.0. The maximum absolute atomic E-state index is 11.0. The van der Waals surface area contributed by atoms with Gasteiger partial charge >= 0.3 is 5.63 Å². The molecule has 0 atom stereocenters. The molecule has 0 aliphatic carbocycles. The number of hydrogen-bond donors (Lipinski definition) is 0. The van der Waals surface area contributed by atoms with Crippen molar-refractivity contribution in [3.63, 3.8) is 0 Å². The Kier molecular flexibility index (Phi) is 2.70. The van der Waals surface area contributed by atoms with Crippen LogP contribution in [0.1, 0.15) is 5.56 Å². The van der Waals surface area contributed by atoms with E-state index in [0.717, 1.165) is 0 Å². The number of nitrogens with zero attached hydrogens (tertiary/aromatic N) is 1. The van der Waals surface area contributed by atoms with Gasteiger partial charge in [-0.15, -0.1) is 0 Å². The van der Waals surface area contributed by atoms with E-state index >= 15 is 0 Å². The molecule has 1 aromatic carbocycles. The molecule has 0 aliphatic rings. The number of carbonyl (C=O) groups excluding carboxylic acids is 1. The van der Waals surface area contributed by atoms with Crippen LogP contribution in [-0.4, -0.2) is 11.2 Å². The largest absolute Gasteiger partial charge is 0.423 e. The number of nitro groups is 1. The van der Waals surface area contributed by atoms with Crippen LogP contribution in [0.15, 0.2) is 33.5 Å². The molecule has 86 valence electrons. The first-order valence-electron chi connectivity index (χ1n) is 4.76. The molecule has 0 bridgehead atoms. The second-order valence-electron chi connectivity index (χ2n) is 3.40. The van der Waals surface area contributed by atoms with Gasteiger partial charge in [0.25, 0.3) is 5.69 Å². The van der Waals surface area contributed by atoms with Crippen molar-refractivity contribution in [1.29, 1.82) is 0 Å². The van der Waals surface area contributed by atoms with Gasteiger partial charge in [0.1, 0.15) is 11.9 Å². The Hall–Kier alpha value is -2.50. The number of hydrogen-bond acceptors (Lipinski definition) is 5. The number of rotatable bonds is 3. The van der Waals surface area contributed by atoms with Crippen LogP contribution < -0.4 is 5.63 Å². The zero-order valence-electron chi connectivity index (χ0n) is 8.58. The molecule has 2 rings (SSSR count). The highest BCUT2D eigenvalue weighted by Crippen LogP contribution is 2.25. The lowest BCUT2D eigenvalue weighted by Crippen LogP contribution is -1.99. The van der Waals surface area contributed by atoms with Crippen molar-refractivity contribution in [1.82, 2.24) is 0 Å². The lowest BCUT2D eigenvalue weighted by molar-refractivity contribution is -0.385. The van der Waals surface area contributed by atoms with E-state index in [1.54, 1.807) is 0 Å². The molecule has 0 fully saturated rings. The molecule has 0 aliphatic heterocycles. The van der Waals surface area contributed by atoms with Gasteiger partial charge < -0.3 is 9.21 Å². The first-order valence-corrected chi connectivity index (χ1v) is 4.76. The van der Waals surface area contributed by atoms with Crippen molar-refractivity contribution in [3.8, 4) is 0 Å². The van der Waals surface area contributed by atoms with E-state index in [4.69, 9.17) is 4.42 Å². The van der Waals surface area contributed by atoms with Gasteiger partial charge in [0.05, 0.1) is 4.92 Å². The van der Waals surface area contributed by atoms with Crippen molar-refractivity contribution in [2.45, 2.75) is 6.42 Å². The van der Waals surface area contributed by atoms with Gasteiger partial charge in [-0.25, -0.2) is 4.79 Å². The van der Waals surface area contributed by atoms with E-state index < -0.39 is 10.5 Å². The van der Waals surface area contributed by atoms with E-state index in [9.17, 15) is 19.7 Å². The minimum Gasteiger partial charge on any atom is -0.423 e. The Morgan fingerprint density at radius 3 is 2.76 bits per heavy atom. The summed E-state index contributed by atoms with van der Waals surface area (Å²) in [5.41, 5.74) is -0.228. The topological polar surface area (TPSA) is 90.4 Å². The summed E-state index contributed by atoms with van der Waals surface area (Å²) in [4.78, 5) is 31.7. The standard InChI is InChI=1S/C11H7NO5/c13-4-3-7-6-10-8(1-2-11(14)17-10)5-9(7)12(15)16/h1-2,4-6H,3H2. The van der Waals surface area contributed by atoms with Gasteiger partial charge in [0.15, 0.2) is 0 Å². The highest BCUT2D eigenvalue weighted by Gasteiger charge is 2.15. The molecule has 1 aromatic heterocycles. The monoisotopic (exact) mass is 233 g/mol. The van der Waals surface area contributed by atoms with Gasteiger partial charge in [0.2, 0.25) is 0 Å². The Bertz CT molecular complexity index is 658. The Morgan fingerprint density at radius 1 is 1.35 bits per heavy atom. The maximum atomic E-state index is 11.0. The zero-order chi connectivity index (χ0) is 12.4. The van der Waals surface area contributed by atoms with Crippen molar-refractivity contribution < 1.29 is 14.1 Å². The summed E-state index contributed by atoms with van der Waals surface area (Å²) in [7, 11) is 0. The summed E-state index contributed by atoms with van der Waals surface area (Å²) < 4.78 is 4.89. The molecule has 0 spiro atoms. The molecule has 17 heavy (non-hydrogen) atoms. The molecule has 1 heterocycles. The molecule has 0 saturated heterocycles. The maximum Gasteiger partial charge on any atom is 0.336 e. The minimum atomic E-state index is -0.566. The summed E-state index contributed by atoms with van der Waals surface area (Å²) in [5.74, 6) is 0. The highest BCUT2D eigenvalue weighted by molar-refractivity contribution is 5.81. The van der Waals surface area contributed by atoms with Crippen molar-refractivity contribution in [2.75, 3.05) is 0 Å². The Morgan fingerprint density at radius 2 is 2.12 bits per heavy atom. The SMILES string of the molecule is O=CCc1cc2oc(=O)ccc2cc1[N+](=O)[O-]. The average Bonchev–Trinajstić information content (AvgIpc) is 2.28. The summed E-state index contributed by atoms with van der Waals surface area (Å²) in [6.45, 7) is 0. The van der Waals surface area contributed by atoms with Gasteiger partial charge in [0, 0.05) is 29.5 Å². The third-order valence-electron chi connectivity index (χ3n) is 2.32. The van der Waals surface area contributed by atoms with E-state index in [0.29, 0.717) is 11.7 Å². The van der Waals surface area contributed by atoms with Crippen LogP contribution in [0, 0.1) is 10.1 Å². The smallest absolute Gasteiger partial charge is 0.336 e. The van der Waals surface area contributed by atoms with Crippen molar-refractivity contribution in [3.05, 3.63) is 50.4 Å². The summed E-state index contributed by atoms with van der Waals surface area (Å²) in [5, 5.41) is 11.3. The van der Waals surface area contributed by atoms with Crippen LogP contribution in [0.3, 0.4) is 0 Å². The fourth-order valence-corrected chi connectivity index (χ4v) is 1.57. The molecule has 2 aromatic rings. The minimum absolute atomic E-state index is 0.0924. The van der Waals surface area contributed by atoms with E-state index in [2.05, 4.69) is 0 Å². The fraction of sp³-hybridized carbons (Fsp3) is 0.0909. The van der Waals surface area contributed by atoms with E-state index in [-0.39, 0.29) is 23.3 Å². The van der Waals surface area contributed by atoms with Gasteiger partial charge in [-0.05, 0) is 12.1 Å². The van der Waals surface area contributed by atoms with Crippen molar-refractivity contribution >= 4 is 22.9 Å². The molecule has 6 heteroatoms. The quantitative estimate of drug-likeness (QED) is 0.346. The first-order chi connectivity index (χ1) is 8.11. The van der Waals surface area contributed by atoms with Crippen molar-refractivity contribution in [2.24, 2.45) is 0 Å².